The SMILES string of the molecule is c1ccc(-c2nc(-c3ccccc3)nc(-c3cccc4oc5ccc(-c6ccc7c(c6)-c6nc(-c8ccccc8)nc(-c8ccccc8)c6CS7)cc5c34)n2)cc1. The first kappa shape index (κ1) is 33.1. The highest BCUT2D eigenvalue weighted by Crippen LogP contribution is 2.46. The van der Waals surface area contributed by atoms with Gasteiger partial charge in [-0.3, -0.25) is 0 Å². The van der Waals surface area contributed by atoms with Gasteiger partial charge in [-0.1, -0.05) is 146 Å². The van der Waals surface area contributed by atoms with Crippen LogP contribution in [0.5, 0.6) is 0 Å². The van der Waals surface area contributed by atoms with E-state index in [0.717, 1.165) is 95.0 Å². The molecule has 0 fully saturated rings. The van der Waals surface area contributed by atoms with Crippen molar-refractivity contribution in [3.63, 3.8) is 0 Å². The van der Waals surface area contributed by atoms with E-state index in [9.17, 15) is 0 Å². The van der Waals surface area contributed by atoms with Gasteiger partial charge in [-0.15, -0.1) is 11.8 Å². The van der Waals surface area contributed by atoms with Crippen LogP contribution in [0.1, 0.15) is 5.56 Å². The van der Waals surface area contributed by atoms with Crippen LogP contribution >= 0.6 is 11.8 Å². The van der Waals surface area contributed by atoms with Crippen molar-refractivity contribution in [3.05, 3.63) is 181 Å². The van der Waals surface area contributed by atoms with Crippen molar-refractivity contribution >= 4 is 33.7 Å². The first-order valence-corrected chi connectivity index (χ1v) is 19.8. The number of furan rings is 1. The smallest absolute Gasteiger partial charge is 0.164 e. The van der Waals surface area contributed by atoms with E-state index in [1.807, 2.05) is 109 Å². The van der Waals surface area contributed by atoms with Gasteiger partial charge < -0.3 is 4.42 Å². The molecule has 0 radical (unpaired) electrons. The molecule has 0 spiro atoms. The summed E-state index contributed by atoms with van der Waals surface area (Å²) in [5, 5.41) is 1.96. The molecule has 1 aliphatic heterocycles. The molecular formula is C50H31N5OS. The second-order valence-corrected chi connectivity index (χ2v) is 15.0. The number of hydrogen-bond acceptors (Lipinski definition) is 7. The molecule has 57 heavy (non-hydrogen) atoms. The third kappa shape index (κ3) is 5.96. The molecule has 0 atom stereocenters. The number of aromatic nitrogens is 5. The van der Waals surface area contributed by atoms with E-state index < -0.39 is 0 Å². The lowest BCUT2D eigenvalue weighted by molar-refractivity contribution is 0.669. The minimum atomic E-state index is 0.590. The molecule has 0 unspecified atom stereocenters. The minimum Gasteiger partial charge on any atom is -0.456 e. The molecule has 0 saturated carbocycles. The van der Waals surface area contributed by atoms with Crippen molar-refractivity contribution in [2.45, 2.75) is 10.6 Å². The van der Waals surface area contributed by atoms with E-state index in [-0.39, 0.29) is 0 Å². The Labute approximate surface area is 333 Å². The molecule has 7 aromatic carbocycles. The summed E-state index contributed by atoms with van der Waals surface area (Å²) in [6.45, 7) is 0. The fourth-order valence-corrected chi connectivity index (χ4v) is 8.74. The molecule has 10 aromatic rings. The van der Waals surface area contributed by atoms with Crippen molar-refractivity contribution in [2.75, 3.05) is 0 Å². The van der Waals surface area contributed by atoms with E-state index in [2.05, 4.69) is 78.9 Å². The van der Waals surface area contributed by atoms with Gasteiger partial charge in [0.15, 0.2) is 23.3 Å². The Bertz CT molecular complexity index is 3060. The summed E-state index contributed by atoms with van der Waals surface area (Å²) in [5.74, 6) is 3.34. The Morgan fingerprint density at radius 3 is 1.58 bits per heavy atom. The molecule has 11 rings (SSSR count). The zero-order valence-electron chi connectivity index (χ0n) is 30.5. The molecule has 0 amide bonds. The lowest BCUT2D eigenvalue weighted by Gasteiger charge is -2.22. The number of hydrogen-bond donors (Lipinski definition) is 0. The number of benzene rings is 7. The zero-order chi connectivity index (χ0) is 37.7. The molecule has 0 bridgehead atoms. The number of fused-ring (bicyclic) bond motifs is 6. The zero-order valence-corrected chi connectivity index (χ0v) is 31.3. The Morgan fingerprint density at radius 1 is 0.386 bits per heavy atom. The van der Waals surface area contributed by atoms with Gasteiger partial charge in [0, 0.05) is 60.4 Å². The van der Waals surface area contributed by atoms with Gasteiger partial charge in [-0.2, -0.15) is 0 Å². The highest BCUT2D eigenvalue weighted by Gasteiger charge is 2.25. The van der Waals surface area contributed by atoms with Crippen LogP contribution in [0, 0.1) is 0 Å². The summed E-state index contributed by atoms with van der Waals surface area (Å²) in [5.41, 5.74) is 12.8. The van der Waals surface area contributed by atoms with Crippen LogP contribution in [-0.4, -0.2) is 24.9 Å². The van der Waals surface area contributed by atoms with Gasteiger partial charge >= 0.3 is 0 Å². The lowest BCUT2D eigenvalue weighted by Crippen LogP contribution is -2.06. The number of thioether (sulfide) groups is 1. The third-order valence-corrected chi connectivity index (χ3v) is 11.6. The fourth-order valence-electron chi connectivity index (χ4n) is 7.69. The minimum absolute atomic E-state index is 0.590. The van der Waals surface area contributed by atoms with E-state index >= 15 is 0 Å². The Morgan fingerprint density at radius 2 is 0.930 bits per heavy atom. The predicted molar refractivity (Wildman–Crippen MR) is 230 cm³/mol. The summed E-state index contributed by atoms with van der Waals surface area (Å²) in [6.07, 6.45) is 0. The average molecular weight is 750 g/mol. The number of nitrogens with zero attached hydrogens (tertiary/aromatic N) is 5. The second-order valence-electron chi connectivity index (χ2n) is 14.0. The first-order valence-electron chi connectivity index (χ1n) is 18.9. The van der Waals surface area contributed by atoms with E-state index in [4.69, 9.17) is 29.3 Å². The maximum absolute atomic E-state index is 6.49. The van der Waals surface area contributed by atoms with Crippen molar-refractivity contribution in [3.8, 4) is 79.2 Å². The monoisotopic (exact) mass is 749 g/mol. The molecule has 0 saturated heterocycles. The molecular weight excluding hydrogens is 719 g/mol. The van der Waals surface area contributed by atoms with E-state index in [1.54, 1.807) is 0 Å². The molecule has 7 heteroatoms. The van der Waals surface area contributed by atoms with Crippen LogP contribution in [0.4, 0.5) is 0 Å². The van der Waals surface area contributed by atoms with Crippen LogP contribution < -0.4 is 0 Å². The van der Waals surface area contributed by atoms with Crippen LogP contribution in [0.15, 0.2) is 185 Å². The summed E-state index contributed by atoms with van der Waals surface area (Å²) in [4.78, 5) is 26.7. The molecule has 6 nitrogen and oxygen atoms in total. The topological polar surface area (TPSA) is 77.6 Å². The molecule has 0 aliphatic carbocycles. The maximum atomic E-state index is 6.49. The van der Waals surface area contributed by atoms with E-state index in [0.29, 0.717) is 17.5 Å². The Hall–Kier alpha value is -7.22. The van der Waals surface area contributed by atoms with Gasteiger partial charge in [0.25, 0.3) is 0 Å². The van der Waals surface area contributed by atoms with Crippen molar-refractivity contribution < 1.29 is 4.42 Å². The third-order valence-electron chi connectivity index (χ3n) is 10.5. The van der Waals surface area contributed by atoms with Crippen molar-refractivity contribution in [1.29, 1.82) is 0 Å². The van der Waals surface area contributed by atoms with Crippen LogP contribution in [0.25, 0.3) is 101 Å². The highest BCUT2D eigenvalue weighted by atomic mass is 32.2. The highest BCUT2D eigenvalue weighted by molar-refractivity contribution is 7.98. The molecule has 4 heterocycles. The maximum Gasteiger partial charge on any atom is 0.164 e. The normalized spacial score (nSPS) is 12.1. The quantitative estimate of drug-likeness (QED) is 0.167. The molecule has 0 N–H and O–H groups in total. The summed E-state index contributed by atoms with van der Waals surface area (Å²) >= 11 is 1.84. The van der Waals surface area contributed by atoms with Crippen molar-refractivity contribution in [2.24, 2.45) is 0 Å². The lowest BCUT2D eigenvalue weighted by atomic mass is 9.95. The van der Waals surface area contributed by atoms with Gasteiger partial charge in [-0.25, -0.2) is 24.9 Å². The first-order chi connectivity index (χ1) is 28.2. The largest absolute Gasteiger partial charge is 0.456 e. The van der Waals surface area contributed by atoms with Crippen LogP contribution in [0.3, 0.4) is 0 Å². The second kappa shape index (κ2) is 13.8. The van der Waals surface area contributed by atoms with Crippen LogP contribution in [0.2, 0.25) is 0 Å². The molecule has 1 aliphatic rings. The van der Waals surface area contributed by atoms with Gasteiger partial charge in [0.2, 0.25) is 0 Å². The Kier molecular flexibility index (Phi) is 8.03. The molecule has 268 valence electrons. The fraction of sp³-hybridized carbons (Fsp3) is 0.0200. The van der Waals surface area contributed by atoms with Crippen molar-refractivity contribution in [1.82, 2.24) is 24.9 Å². The van der Waals surface area contributed by atoms with E-state index in [1.165, 1.54) is 4.90 Å². The summed E-state index contributed by atoms with van der Waals surface area (Å²) < 4.78 is 6.49. The molecule has 3 aromatic heterocycles. The Balaban J connectivity index is 1.07. The predicted octanol–water partition coefficient (Wildman–Crippen LogP) is 12.8. The van der Waals surface area contributed by atoms with Gasteiger partial charge in [0.1, 0.15) is 11.2 Å². The summed E-state index contributed by atoms with van der Waals surface area (Å²) in [7, 11) is 0. The standard InChI is InChI=1S/C50H31N5OS/c1-5-14-31(15-6-1)45-40-30-57-43-27-25-36(29-39(43)46(40)52-47(51-45)32-16-7-2-8-17-32)35-24-26-41-38(28-35)44-37(22-13-23-42(44)56-41)50-54-48(33-18-9-3-10-19-33)53-49(55-50)34-20-11-4-12-21-34/h1-29H,30H2. The number of rotatable bonds is 6. The van der Waals surface area contributed by atoms with Crippen LogP contribution in [-0.2, 0) is 5.75 Å². The van der Waals surface area contributed by atoms with Gasteiger partial charge in [-0.05, 0) is 41.5 Å². The average Bonchev–Trinajstić information content (AvgIpc) is 3.68. The summed E-state index contributed by atoms with van der Waals surface area (Å²) in [6, 6.07) is 60.1. The van der Waals surface area contributed by atoms with Gasteiger partial charge in [0.05, 0.1) is 11.4 Å².